The summed E-state index contributed by atoms with van der Waals surface area (Å²) in [5.41, 5.74) is 3.54. The zero-order valence-corrected chi connectivity index (χ0v) is 27.7. The molecule has 4 aromatic carbocycles. The van der Waals surface area contributed by atoms with Crippen molar-refractivity contribution in [3.63, 3.8) is 0 Å². The minimum Gasteiger partial charge on any atom is -0.485 e. The van der Waals surface area contributed by atoms with E-state index in [9.17, 15) is 14.4 Å². The zero-order valence-electron chi connectivity index (χ0n) is 27.7. The highest BCUT2D eigenvalue weighted by molar-refractivity contribution is 5.91. The molecule has 1 saturated heterocycles. The van der Waals surface area contributed by atoms with Crippen molar-refractivity contribution in [1.82, 2.24) is 15.5 Å². The molecule has 0 spiro atoms. The van der Waals surface area contributed by atoms with Gasteiger partial charge >= 0.3 is 5.97 Å². The van der Waals surface area contributed by atoms with Crippen LogP contribution in [0, 0.1) is 0 Å². The molecule has 1 fully saturated rings. The number of ether oxygens (including phenoxy) is 4. The molecule has 49 heavy (non-hydrogen) atoms. The number of rotatable bonds is 16. The summed E-state index contributed by atoms with van der Waals surface area (Å²) in [5.74, 6) is -0.323. The van der Waals surface area contributed by atoms with Crippen LogP contribution in [0.3, 0.4) is 0 Å². The van der Waals surface area contributed by atoms with Gasteiger partial charge < -0.3 is 29.6 Å². The van der Waals surface area contributed by atoms with Gasteiger partial charge in [-0.1, -0.05) is 97.1 Å². The highest BCUT2D eigenvalue weighted by Crippen LogP contribution is 2.31. The number of morpholine rings is 1. The molecular formula is C39H43N3O7. The van der Waals surface area contributed by atoms with Gasteiger partial charge in [0.1, 0.15) is 31.9 Å². The van der Waals surface area contributed by atoms with E-state index >= 15 is 0 Å². The smallest absolute Gasteiger partial charge is 0.329 e. The van der Waals surface area contributed by atoms with Gasteiger partial charge in [0.15, 0.2) is 11.5 Å². The van der Waals surface area contributed by atoms with Gasteiger partial charge in [0, 0.05) is 19.5 Å². The molecule has 0 unspecified atom stereocenters. The van der Waals surface area contributed by atoms with Gasteiger partial charge in [-0.05, 0) is 41.3 Å². The molecule has 0 bridgehead atoms. The van der Waals surface area contributed by atoms with Gasteiger partial charge in [-0.2, -0.15) is 0 Å². The molecule has 5 rings (SSSR count). The standard InChI is InChI=1S/C39H43N3O7/c1-29(40-37(43)25-42-19-21-46-22-20-42)38(44)41-34(39(45)49-28-32-15-9-4-10-16-32)23-33-17-18-35(47-26-30-11-5-2-6-12-30)36(24-33)48-27-31-13-7-3-8-14-31/h2-18,24,29,34H,19-23,25-28H2,1H3,(H,40,43)(H,41,44)/t29-,34-/m0/s1. The normalized spacial score (nSPS) is 14.2. The summed E-state index contributed by atoms with van der Waals surface area (Å²) in [6.07, 6.45) is 0.120. The van der Waals surface area contributed by atoms with Crippen molar-refractivity contribution in [2.75, 3.05) is 32.8 Å². The Labute approximate surface area is 287 Å². The van der Waals surface area contributed by atoms with Crippen molar-refractivity contribution in [3.05, 3.63) is 131 Å². The molecule has 2 amide bonds. The Balaban J connectivity index is 1.30. The van der Waals surface area contributed by atoms with Crippen molar-refractivity contribution < 1.29 is 33.3 Å². The molecule has 10 heteroatoms. The molecule has 0 radical (unpaired) electrons. The van der Waals surface area contributed by atoms with E-state index in [1.54, 1.807) is 13.0 Å². The molecule has 0 aliphatic carbocycles. The van der Waals surface area contributed by atoms with Gasteiger partial charge in [-0.25, -0.2) is 4.79 Å². The van der Waals surface area contributed by atoms with Crippen LogP contribution in [0.5, 0.6) is 11.5 Å². The second-order valence-corrected chi connectivity index (χ2v) is 11.9. The van der Waals surface area contributed by atoms with Crippen molar-refractivity contribution in [2.24, 2.45) is 0 Å². The van der Waals surface area contributed by atoms with Crippen LogP contribution in [0.1, 0.15) is 29.2 Å². The maximum Gasteiger partial charge on any atom is 0.329 e. The van der Waals surface area contributed by atoms with E-state index in [0.717, 1.165) is 22.3 Å². The fraction of sp³-hybridized carbons (Fsp3) is 0.308. The van der Waals surface area contributed by atoms with Crippen LogP contribution in [0.15, 0.2) is 109 Å². The van der Waals surface area contributed by atoms with Crippen LogP contribution in [0.2, 0.25) is 0 Å². The monoisotopic (exact) mass is 665 g/mol. The van der Waals surface area contributed by atoms with Crippen LogP contribution in [0.4, 0.5) is 0 Å². The van der Waals surface area contributed by atoms with E-state index in [2.05, 4.69) is 10.6 Å². The van der Waals surface area contributed by atoms with E-state index in [0.29, 0.717) is 51.0 Å². The van der Waals surface area contributed by atoms with Crippen LogP contribution in [-0.2, 0) is 50.1 Å². The Morgan fingerprint density at radius 2 is 1.24 bits per heavy atom. The minimum absolute atomic E-state index is 0.0512. The Hall–Kier alpha value is -5.19. The fourth-order valence-electron chi connectivity index (χ4n) is 5.25. The first kappa shape index (κ1) is 35.1. The predicted molar refractivity (Wildman–Crippen MR) is 185 cm³/mol. The fourth-order valence-corrected chi connectivity index (χ4v) is 5.25. The highest BCUT2D eigenvalue weighted by atomic mass is 16.5. The Morgan fingerprint density at radius 1 is 0.694 bits per heavy atom. The average Bonchev–Trinajstić information content (AvgIpc) is 3.13. The summed E-state index contributed by atoms with van der Waals surface area (Å²) in [5, 5.41) is 5.56. The molecular weight excluding hydrogens is 622 g/mol. The number of nitrogens with one attached hydrogen (secondary N) is 2. The molecule has 0 saturated carbocycles. The lowest BCUT2D eigenvalue weighted by molar-refractivity contribution is -0.149. The van der Waals surface area contributed by atoms with E-state index in [1.807, 2.05) is 108 Å². The summed E-state index contributed by atoms with van der Waals surface area (Å²) in [6, 6.07) is 32.5. The largest absolute Gasteiger partial charge is 0.485 e. The number of benzene rings is 4. The molecule has 1 aliphatic heterocycles. The first-order chi connectivity index (χ1) is 23.9. The number of nitrogens with zero attached hydrogens (tertiary/aromatic N) is 1. The summed E-state index contributed by atoms with van der Waals surface area (Å²) >= 11 is 0. The van der Waals surface area contributed by atoms with Crippen molar-refractivity contribution in [3.8, 4) is 11.5 Å². The maximum absolute atomic E-state index is 13.5. The predicted octanol–water partition coefficient (Wildman–Crippen LogP) is 4.45. The average molecular weight is 666 g/mol. The van der Waals surface area contributed by atoms with Gasteiger partial charge in [-0.15, -0.1) is 0 Å². The third kappa shape index (κ3) is 11.5. The first-order valence-corrected chi connectivity index (χ1v) is 16.5. The lowest BCUT2D eigenvalue weighted by Crippen LogP contribution is -2.53. The highest BCUT2D eigenvalue weighted by Gasteiger charge is 2.27. The summed E-state index contributed by atoms with van der Waals surface area (Å²) in [6.45, 7) is 4.89. The zero-order chi connectivity index (χ0) is 34.3. The molecule has 4 aromatic rings. The molecule has 1 heterocycles. The number of carbonyl (C=O) groups excluding carboxylic acids is 3. The molecule has 256 valence electrons. The van der Waals surface area contributed by atoms with Gasteiger partial charge in [0.2, 0.25) is 11.8 Å². The molecule has 0 aromatic heterocycles. The third-order valence-corrected chi connectivity index (χ3v) is 7.99. The Bertz CT molecular complexity index is 1630. The maximum atomic E-state index is 13.5. The molecule has 2 atom stereocenters. The molecule has 10 nitrogen and oxygen atoms in total. The van der Waals surface area contributed by atoms with Crippen LogP contribution >= 0.6 is 0 Å². The molecule has 2 N–H and O–H groups in total. The van der Waals surface area contributed by atoms with Crippen LogP contribution in [0.25, 0.3) is 0 Å². The quantitative estimate of drug-likeness (QED) is 0.169. The number of carbonyl (C=O) groups is 3. The second kappa shape index (κ2) is 18.4. The van der Waals surface area contributed by atoms with E-state index in [1.165, 1.54) is 0 Å². The lowest BCUT2D eigenvalue weighted by Gasteiger charge is -2.26. The first-order valence-electron chi connectivity index (χ1n) is 16.5. The van der Waals surface area contributed by atoms with Crippen molar-refractivity contribution >= 4 is 17.8 Å². The van der Waals surface area contributed by atoms with Gasteiger partial charge in [0.05, 0.1) is 19.8 Å². The van der Waals surface area contributed by atoms with E-state index in [-0.39, 0.29) is 25.5 Å². The number of esters is 1. The molecule has 1 aliphatic rings. The van der Waals surface area contributed by atoms with Gasteiger partial charge in [-0.3, -0.25) is 14.5 Å². The van der Waals surface area contributed by atoms with Crippen LogP contribution in [-0.4, -0.2) is 67.6 Å². The Kier molecular flexibility index (Phi) is 13.2. The summed E-state index contributed by atoms with van der Waals surface area (Å²) in [4.78, 5) is 41.5. The Morgan fingerprint density at radius 3 is 1.84 bits per heavy atom. The third-order valence-electron chi connectivity index (χ3n) is 7.99. The van der Waals surface area contributed by atoms with E-state index in [4.69, 9.17) is 18.9 Å². The lowest BCUT2D eigenvalue weighted by atomic mass is 10.0. The summed E-state index contributed by atoms with van der Waals surface area (Å²) < 4.78 is 23.4. The number of hydrogen-bond donors (Lipinski definition) is 2. The van der Waals surface area contributed by atoms with Crippen molar-refractivity contribution in [1.29, 1.82) is 0 Å². The summed E-state index contributed by atoms with van der Waals surface area (Å²) in [7, 11) is 0. The van der Waals surface area contributed by atoms with Crippen molar-refractivity contribution in [2.45, 2.75) is 45.2 Å². The van der Waals surface area contributed by atoms with E-state index < -0.39 is 24.0 Å². The SMILES string of the molecule is C[C@H](NC(=O)CN1CCOCC1)C(=O)N[C@@H](Cc1ccc(OCc2ccccc2)c(OCc2ccccc2)c1)C(=O)OCc1ccccc1. The number of hydrogen-bond acceptors (Lipinski definition) is 8. The topological polar surface area (TPSA) is 115 Å². The number of amides is 2. The second-order valence-electron chi connectivity index (χ2n) is 11.9. The van der Waals surface area contributed by atoms with Crippen LogP contribution < -0.4 is 20.1 Å². The minimum atomic E-state index is -1.03. The van der Waals surface area contributed by atoms with Gasteiger partial charge in [0.25, 0.3) is 0 Å².